The van der Waals surface area contributed by atoms with Crippen molar-refractivity contribution in [2.75, 3.05) is 4.90 Å². The van der Waals surface area contributed by atoms with Crippen molar-refractivity contribution in [3.63, 3.8) is 0 Å². The summed E-state index contributed by atoms with van der Waals surface area (Å²) in [5.74, 6) is -0.273. The SMILES string of the molecule is CCC(=O)N(C=O)c1ccc(C#N)c2ccccc12. The number of amides is 2. The zero-order chi connectivity index (χ0) is 13.8. The molecule has 0 saturated carbocycles. The van der Waals surface area contributed by atoms with Crippen molar-refractivity contribution in [1.82, 2.24) is 0 Å². The van der Waals surface area contributed by atoms with Crippen molar-refractivity contribution in [2.45, 2.75) is 13.3 Å². The van der Waals surface area contributed by atoms with Crippen molar-refractivity contribution in [3.8, 4) is 6.07 Å². The molecule has 19 heavy (non-hydrogen) atoms. The van der Waals surface area contributed by atoms with Gasteiger partial charge in [-0.2, -0.15) is 5.26 Å². The van der Waals surface area contributed by atoms with Gasteiger partial charge in [0.25, 0.3) is 0 Å². The fourth-order valence-electron chi connectivity index (χ4n) is 2.01. The van der Waals surface area contributed by atoms with Crippen LogP contribution in [0.3, 0.4) is 0 Å². The summed E-state index contributed by atoms with van der Waals surface area (Å²) in [6, 6.07) is 12.6. The third kappa shape index (κ3) is 2.18. The number of nitriles is 1. The van der Waals surface area contributed by atoms with E-state index in [1.165, 1.54) is 0 Å². The summed E-state index contributed by atoms with van der Waals surface area (Å²) < 4.78 is 0. The average Bonchev–Trinajstić information content (AvgIpc) is 2.47. The topological polar surface area (TPSA) is 61.2 Å². The molecule has 0 spiro atoms. The lowest BCUT2D eigenvalue weighted by atomic mass is 10.0. The second kappa shape index (κ2) is 5.32. The Hall–Kier alpha value is -2.67. The number of hydrogen-bond acceptors (Lipinski definition) is 3. The number of rotatable bonds is 3. The molecule has 0 aliphatic carbocycles. The summed E-state index contributed by atoms with van der Waals surface area (Å²) in [5.41, 5.74) is 1.03. The van der Waals surface area contributed by atoms with Gasteiger partial charge in [-0.05, 0) is 12.1 Å². The molecule has 0 fully saturated rings. The first-order valence-electron chi connectivity index (χ1n) is 5.92. The van der Waals surface area contributed by atoms with Crippen LogP contribution in [0.1, 0.15) is 18.9 Å². The number of carbonyl (C=O) groups is 2. The van der Waals surface area contributed by atoms with Gasteiger partial charge in [0.05, 0.1) is 17.3 Å². The monoisotopic (exact) mass is 252 g/mol. The molecule has 2 amide bonds. The van der Waals surface area contributed by atoms with Gasteiger partial charge in [0.2, 0.25) is 12.3 Å². The molecule has 0 bridgehead atoms. The average molecular weight is 252 g/mol. The van der Waals surface area contributed by atoms with E-state index in [1.807, 2.05) is 12.1 Å². The fraction of sp³-hybridized carbons (Fsp3) is 0.133. The molecule has 0 aromatic heterocycles. The van der Waals surface area contributed by atoms with Gasteiger partial charge in [0, 0.05) is 17.2 Å². The van der Waals surface area contributed by atoms with E-state index in [9.17, 15) is 9.59 Å². The van der Waals surface area contributed by atoms with Gasteiger partial charge in [-0.25, -0.2) is 0 Å². The molecule has 0 saturated heterocycles. The zero-order valence-electron chi connectivity index (χ0n) is 10.5. The van der Waals surface area contributed by atoms with Crippen LogP contribution in [0.4, 0.5) is 5.69 Å². The Bertz CT molecular complexity index is 686. The predicted molar refractivity (Wildman–Crippen MR) is 72.5 cm³/mol. The Morgan fingerprint density at radius 1 is 1.26 bits per heavy atom. The minimum absolute atomic E-state index is 0.243. The summed E-state index contributed by atoms with van der Waals surface area (Å²) in [7, 11) is 0. The van der Waals surface area contributed by atoms with E-state index in [0.717, 1.165) is 15.7 Å². The standard InChI is InChI=1S/C15H12N2O2/c1-2-15(19)17(10-18)14-8-7-11(9-16)12-5-3-4-6-13(12)14/h3-8,10H,2H2,1H3. The zero-order valence-corrected chi connectivity index (χ0v) is 10.5. The number of fused-ring (bicyclic) bond motifs is 1. The minimum atomic E-state index is -0.273. The lowest BCUT2D eigenvalue weighted by Crippen LogP contribution is -2.28. The van der Waals surface area contributed by atoms with Crippen LogP contribution in [0.25, 0.3) is 10.8 Å². The van der Waals surface area contributed by atoms with E-state index in [4.69, 9.17) is 5.26 Å². The van der Waals surface area contributed by atoms with Gasteiger partial charge in [0.15, 0.2) is 0 Å². The van der Waals surface area contributed by atoms with Gasteiger partial charge < -0.3 is 0 Å². The molecule has 2 rings (SSSR count). The highest BCUT2D eigenvalue weighted by atomic mass is 16.2. The lowest BCUT2D eigenvalue weighted by Gasteiger charge is -2.17. The van der Waals surface area contributed by atoms with Crippen molar-refractivity contribution >= 4 is 28.8 Å². The summed E-state index contributed by atoms with van der Waals surface area (Å²) in [5, 5.41) is 10.5. The van der Waals surface area contributed by atoms with Gasteiger partial charge in [-0.3, -0.25) is 14.5 Å². The highest BCUT2D eigenvalue weighted by molar-refractivity contribution is 6.13. The number of benzene rings is 2. The molecule has 0 radical (unpaired) electrons. The Morgan fingerprint density at radius 2 is 1.95 bits per heavy atom. The van der Waals surface area contributed by atoms with Crippen molar-refractivity contribution in [3.05, 3.63) is 42.0 Å². The molecular weight excluding hydrogens is 240 g/mol. The van der Waals surface area contributed by atoms with Crippen LogP contribution >= 0.6 is 0 Å². The second-order valence-electron chi connectivity index (χ2n) is 4.01. The first-order valence-corrected chi connectivity index (χ1v) is 5.92. The molecule has 0 unspecified atom stereocenters. The van der Waals surface area contributed by atoms with Crippen LogP contribution in [0, 0.1) is 11.3 Å². The molecule has 0 aliphatic heterocycles. The Kier molecular flexibility index (Phi) is 3.58. The van der Waals surface area contributed by atoms with E-state index < -0.39 is 0 Å². The molecule has 0 N–H and O–H groups in total. The molecule has 0 atom stereocenters. The lowest BCUT2D eigenvalue weighted by molar-refractivity contribution is -0.121. The van der Waals surface area contributed by atoms with E-state index >= 15 is 0 Å². The molecule has 2 aromatic rings. The maximum absolute atomic E-state index is 11.8. The number of carbonyl (C=O) groups excluding carboxylic acids is 2. The number of anilines is 1. The van der Waals surface area contributed by atoms with Crippen LogP contribution in [0.5, 0.6) is 0 Å². The Labute approximate surface area is 110 Å². The van der Waals surface area contributed by atoms with Crippen LogP contribution in [0.2, 0.25) is 0 Å². The van der Waals surface area contributed by atoms with Crippen LogP contribution in [-0.2, 0) is 9.59 Å². The van der Waals surface area contributed by atoms with Gasteiger partial charge in [-0.15, -0.1) is 0 Å². The molecule has 0 heterocycles. The number of imide groups is 1. The van der Waals surface area contributed by atoms with Crippen LogP contribution in [0.15, 0.2) is 36.4 Å². The summed E-state index contributed by atoms with van der Waals surface area (Å²) in [4.78, 5) is 24.0. The Morgan fingerprint density at radius 3 is 2.53 bits per heavy atom. The fourth-order valence-corrected chi connectivity index (χ4v) is 2.01. The van der Waals surface area contributed by atoms with E-state index in [-0.39, 0.29) is 12.3 Å². The van der Waals surface area contributed by atoms with Crippen LogP contribution < -0.4 is 4.90 Å². The van der Waals surface area contributed by atoms with Crippen molar-refractivity contribution in [2.24, 2.45) is 0 Å². The number of nitrogens with zero attached hydrogens (tertiary/aromatic N) is 2. The number of hydrogen-bond donors (Lipinski definition) is 0. The van der Waals surface area contributed by atoms with E-state index in [2.05, 4.69) is 6.07 Å². The van der Waals surface area contributed by atoms with Crippen molar-refractivity contribution < 1.29 is 9.59 Å². The Balaban J connectivity index is 2.72. The quantitative estimate of drug-likeness (QED) is 0.789. The third-order valence-corrected chi connectivity index (χ3v) is 2.96. The van der Waals surface area contributed by atoms with Gasteiger partial charge in [0.1, 0.15) is 0 Å². The molecule has 4 nitrogen and oxygen atoms in total. The first kappa shape index (κ1) is 12.8. The minimum Gasteiger partial charge on any atom is -0.278 e. The summed E-state index contributed by atoms with van der Waals surface area (Å²) in [6.07, 6.45) is 0.757. The van der Waals surface area contributed by atoms with Crippen molar-refractivity contribution in [1.29, 1.82) is 5.26 Å². The maximum atomic E-state index is 11.8. The molecular formula is C15H12N2O2. The summed E-state index contributed by atoms with van der Waals surface area (Å²) in [6.45, 7) is 1.70. The maximum Gasteiger partial charge on any atom is 0.233 e. The molecule has 0 aliphatic rings. The molecule has 4 heteroatoms. The molecule has 2 aromatic carbocycles. The smallest absolute Gasteiger partial charge is 0.233 e. The normalized spacial score (nSPS) is 9.89. The predicted octanol–water partition coefficient (Wildman–Crippen LogP) is 2.61. The van der Waals surface area contributed by atoms with Gasteiger partial charge in [-0.1, -0.05) is 31.2 Å². The largest absolute Gasteiger partial charge is 0.278 e. The highest BCUT2D eigenvalue weighted by Crippen LogP contribution is 2.29. The third-order valence-electron chi connectivity index (χ3n) is 2.96. The molecule has 94 valence electrons. The summed E-state index contributed by atoms with van der Waals surface area (Å²) >= 11 is 0. The van der Waals surface area contributed by atoms with Gasteiger partial charge >= 0.3 is 0 Å². The van der Waals surface area contributed by atoms with Crippen LogP contribution in [-0.4, -0.2) is 12.3 Å². The second-order valence-corrected chi connectivity index (χ2v) is 4.01. The van der Waals surface area contributed by atoms with E-state index in [1.54, 1.807) is 31.2 Å². The van der Waals surface area contributed by atoms with E-state index in [0.29, 0.717) is 17.7 Å². The first-order chi connectivity index (χ1) is 9.22. The highest BCUT2D eigenvalue weighted by Gasteiger charge is 2.16.